The molecule has 0 spiro atoms. The van der Waals surface area contributed by atoms with Gasteiger partial charge >= 0.3 is 11.9 Å². The third-order valence-electron chi connectivity index (χ3n) is 6.55. The average Bonchev–Trinajstić information content (AvgIpc) is 3.43. The van der Waals surface area contributed by atoms with Gasteiger partial charge in [0.15, 0.2) is 14.6 Å². The second kappa shape index (κ2) is 13.2. The van der Waals surface area contributed by atoms with Crippen molar-refractivity contribution in [2.45, 2.75) is 39.7 Å². The number of hydrogen-bond acceptors (Lipinski definition) is 11. The molecule has 0 bridgehead atoms. The molecular weight excluding hydrogens is 607 g/mol. The minimum absolute atomic E-state index is 0.0945. The van der Waals surface area contributed by atoms with Crippen molar-refractivity contribution in [2.75, 3.05) is 37.6 Å². The van der Waals surface area contributed by atoms with Gasteiger partial charge in [0, 0.05) is 4.88 Å². The van der Waals surface area contributed by atoms with Crippen molar-refractivity contribution in [3.8, 4) is 5.75 Å². The highest BCUT2D eigenvalue weighted by Gasteiger charge is 2.30. The van der Waals surface area contributed by atoms with Gasteiger partial charge in [-0.15, -0.1) is 11.3 Å². The van der Waals surface area contributed by atoms with E-state index in [1.165, 1.54) is 30.1 Å². The number of hydrogen-bond donors (Lipinski definition) is 1. The molecule has 0 saturated carbocycles. The van der Waals surface area contributed by atoms with Gasteiger partial charge in [0.05, 0.1) is 36.6 Å². The lowest BCUT2D eigenvalue weighted by Crippen LogP contribution is -2.29. The fourth-order valence-corrected chi connectivity index (χ4v) is 8.16. The number of fused-ring (bicyclic) bond motifs is 2. The second-order valence-electron chi connectivity index (χ2n) is 9.74. The molecule has 0 saturated heterocycles. The van der Waals surface area contributed by atoms with Gasteiger partial charge in [0.1, 0.15) is 28.8 Å². The third-order valence-corrected chi connectivity index (χ3v) is 10.2. The van der Waals surface area contributed by atoms with E-state index in [1.807, 2.05) is 0 Å². The molecular formula is C27H31N3O9S3. The first-order valence-electron chi connectivity index (χ1n) is 13.1. The number of benzene rings is 1. The highest BCUT2D eigenvalue weighted by atomic mass is 32.2. The number of carbonyl (C=O) groups excluding carboxylic acids is 4. The maximum atomic E-state index is 12.8. The van der Waals surface area contributed by atoms with Crippen LogP contribution in [-0.4, -0.2) is 69.1 Å². The Morgan fingerprint density at radius 2 is 1.90 bits per heavy atom. The lowest BCUT2D eigenvalue weighted by molar-refractivity contribution is -0.143. The van der Waals surface area contributed by atoms with Crippen LogP contribution in [0, 0.1) is 5.92 Å². The monoisotopic (exact) mass is 637 g/mol. The fraction of sp³-hybridized carbons (Fsp3) is 0.444. The molecule has 1 aliphatic carbocycles. The number of carbonyl (C=O) groups is 4. The largest absolute Gasteiger partial charge is 0.497 e. The normalized spacial score (nSPS) is 15.2. The number of esters is 2. The van der Waals surface area contributed by atoms with E-state index in [0.717, 1.165) is 34.6 Å². The van der Waals surface area contributed by atoms with Gasteiger partial charge in [0.25, 0.3) is 5.91 Å². The molecule has 226 valence electrons. The summed E-state index contributed by atoms with van der Waals surface area (Å²) < 4.78 is 42.9. The first-order valence-corrected chi connectivity index (χ1v) is 16.5. The minimum atomic E-state index is -4.24. The Labute approximate surface area is 250 Å². The minimum Gasteiger partial charge on any atom is -0.497 e. The van der Waals surface area contributed by atoms with Gasteiger partial charge in [-0.25, -0.2) is 13.2 Å². The zero-order valence-electron chi connectivity index (χ0n) is 23.6. The third kappa shape index (κ3) is 7.25. The highest BCUT2D eigenvalue weighted by molar-refractivity contribution is 7.92. The lowest BCUT2D eigenvalue weighted by atomic mass is 9.88. The maximum absolute atomic E-state index is 12.8. The fourth-order valence-electron chi connectivity index (χ4n) is 4.65. The Hall–Kier alpha value is -3.56. The number of rotatable bonds is 10. The Balaban J connectivity index is 1.54. The molecule has 2 aromatic heterocycles. The number of nitrogens with one attached hydrogen (secondary N) is 1. The zero-order chi connectivity index (χ0) is 30.6. The molecule has 1 atom stereocenters. The second-order valence-corrected chi connectivity index (χ2v) is 13.9. The molecule has 0 radical (unpaired) electrons. The van der Waals surface area contributed by atoms with E-state index in [-0.39, 0.29) is 28.5 Å². The predicted octanol–water partition coefficient (Wildman–Crippen LogP) is 2.73. The molecule has 0 fully saturated rings. The maximum Gasteiger partial charge on any atom is 0.341 e. The molecule has 4 rings (SSSR count). The summed E-state index contributed by atoms with van der Waals surface area (Å²) in [5, 5.41) is 2.77. The summed E-state index contributed by atoms with van der Waals surface area (Å²) in [6, 6.07) is 5.08. The van der Waals surface area contributed by atoms with Gasteiger partial charge in [0.2, 0.25) is 5.91 Å². The van der Waals surface area contributed by atoms with Crippen molar-refractivity contribution in [1.29, 1.82) is 0 Å². The lowest BCUT2D eigenvalue weighted by Gasteiger charge is -2.18. The summed E-state index contributed by atoms with van der Waals surface area (Å²) in [5.41, 5.74) is 1.64. The number of thiazole rings is 1. The van der Waals surface area contributed by atoms with E-state index in [0.29, 0.717) is 28.3 Å². The molecule has 1 N–H and O–H groups in total. The SMILES string of the molecule is CCOC(=O)Cn1c(=NC(=O)CS(=O)(=O)CC(=O)Nc2sc3c(c2C(=O)OC)CCC(C)C3)sc2cc(OC)ccc21. The summed E-state index contributed by atoms with van der Waals surface area (Å²) in [4.78, 5) is 55.3. The summed E-state index contributed by atoms with van der Waals surface area (Å²) in [6.45, 7) is 3.68. The molecule has 1 aliphatic rings. The van der Waals surface area contributed by atoms with E-state index in [1.54, 1.807) is 25.1 Å². The van der Waals surface area contributed by atoms with Crippen LogP contribution in [0.3, 0.4) is 0 Å². The van der Waals surface area contributed by atoms with Crippen molar-refractivity contribution in [3.05, 3.63) is 39.0 Å². The Kier molecular flexibility index (Phi) is 9.84. The topological polar surface area (TPSA) is 159 Å². The van der Waals surface area contributed by atoms with Crippen LogP contribution in [0.1, 0.15) is 41.1 Å². The molecule has 2 amide bonds. The average molecular weight is 638 g/mol. The zero-order valence-corrected chi connectivity index (χ0v) is 26.0. The number of nitrogens with zero attached hydrogens (tertiary/aromatic N) is 2. The van der Waals surface area contributed by atoms with E-state index in [9.17, 15) is 27.6 Å². The molecule has 2 heterocycles. The van der Waals surface area contributed by atoms with E-state index in [2.05, 4.69) is 17.2 Å². The quantitative estimate of drug-likeness (QED) is 0.330. The molecule has 1 unspecified atom stereocenters. The number of methoxy groups -OCH3 is 2. The van der Waals surface area contributed by atoms with Crippen LogP contribution in [0.2, 0.25) is 0 Å². The molecule has 15 heteroatoms. The van der Waals surface area contributed by atoms with Crippen molar-refractivity contribution < 1.29 is 41.8 Å². The number of ether oxygens (including phenoxy) is 3. The van der Waals surface area contributed by atoms with Crippen LogP contribution in [0.15, 0.2) is 23.2 Å². The molecule has 42 heavy (non-hydrogen) atoms. The number of anilines is 1. The highest BCUT2D eigenvalue weighted by Crippen LogP contribution is 2.40. The van der Waals surface area contributed by atoms with Gasteiger partial charge in [-0.2, -0.15) is 4.99 Å². The van der Waals surface area contributed by atoms with E-state index in [4.69, 9.17) is 14.2 Å². The first-order chi connectivity index (χ1) is 19.9. The standard InChI is InChI=1S/C27H31N3O9S3/c1-5-39-23(33)12-30-18-9-7-16(37-3)11-20(18)41-27(30)29-22(32)14-42(35,36)13-21(31)28-25-24(26(34)38-4)17-8-6-15(2)10-19(17)40-25/h7,9,11,15H,5-6,8,10,12-14H2,1-4H3,(H,28,31). The Morgan fingerprint density at radius 1 is 1.14 bits per heavy atom. The van der Waals surface area contributed by atoms with Crippen LogP contribution >= 0.6 is 22.7 Å². The molecule has 3 aromatic rings. The van der Waals surface area contributed by atoms with Crippen LogP contribution < -0.4 is 14.9 Å². The summed E-state index contributed by atoms with van der Waals surface area (Å²) >= 11 is 2.31. The van der Waals surface area contributed by atoms with Crippen LogP contribution in [-0.2, 0) is 53.1 Å². The molecule has 0 aliphatic heterocycles. The van der Waals surface area contributed by atoms with Crippen molar-refractivity contribution >= 4 is 71.5 Å². The molecule has 12 nitrogen and oxygen atoms in total. The number of aromatic nitrogens is 1. The van der Waals surface area contributed by atoms with Gasteiger partial charge in [-0.05, 0) is 55.9 Å². The van der Waals surface area contributed by atoms with Crippen LogP contribution in [0.5, 0.6) is 5.75 Å². The van der Waals surface area contributed by atoms with Crippen molar-refractivity contribution in [3.63, 3.8) is 0 Å². The Morgan fingerprint density at radius 3 is 2.60 bits per heavy atom. The summed E-state index contributed by atoms with van der Waals surface area (Å²) in [5.74, 6) is -4.09. The van der Waals surface area contributed by atoms with Gasteiger partial charge in [-0.3, -0.25) is 14.4 Å². The number of thiophene rings is 1. The van der Waals surface area contributed by atoms with Gasteiger partial charge < -0.3 is 24.1 Å². The van der Waals surface area contributed by atoms with Crippen molar-refractivity contribution in [2.24, 2.45) is 10.9 Å². The number of sulfone groups is 1. The summed E-state index contributed by atoms with van der Waals surface area (Å²) in [7, 11) is -1.49. The Bertz CT molecular complexity index is 1720. The number of amides is 2. The van der Waals surface area contributed by atoms with Crippen molar-refractivity contribution in [1.82, 2.24) is 4.57 Å². The van der Waals surface area contributed by atoms with Crippen LogP contribution in [0.4, 0.5) is 5.00 Å². The van der Waals surface area contributed by atoms with E-state index >= 15 is 0 Å². The first kappa shape index (κ1) is 31.4. The predicted molar refractivity (Wildman–Crippen MR) is 158 cm³/mol. The van der Waals surface area contributed by atoms with Gasteiger partial charge in [-0.1, -0.05) is 18.3 Å². The van der Waals surface area contributed by atoms with Crippen LogP contribution in [0.25, 0.3) is 10.2 Å². The molecule has 1 aromatic carbocycles. The van der Waals surface area contributed by atoms with E-state index < -0.39 is 45.1 Å². The smallest absolute Gasteiger partial charge is 0.341 e. The summed E-state index contributed by atoms with van der Waals surface area (Å²) in [6.07, 6.45) is 2.28.